The molecule has 166 valence electrons. The lowest BCUT2D eigenvalue weighted by atomic mass is 10.0. The van der Waals surface area contributed by atoms with E-state index in [-0.39, 0.29) is 16.8 Å². The Morgan fingerprint density at radius 2 is 1.81 bits per heavy atom. The topological polar surface area (TPSA) is 79.0 Å². The molecule has 0 bridgehead atoms. The largest absolute Gasteiger partial charge is 0.492 e. The number of barbiturate groups is 1. The SMILES string of the molecule is CCOc1ccccc1N1C(=O)NC(=O)/C(=C\c2ccc(N3CCCCC3)cc2F)C1=O. The summed E-state index contributed by atoms with van der Waals surface area (Å²) in [4.78, 5) is 41.0. The predicted molar refractivity (Wildman–Crippen MR) is 119 cm³/mol. The van der Waals surface area contributed by atoms with Gasteiger partial charge in [0.25, 0.3) is 11.8 Å². The van der Waals surface area contributed by atoms with E-state index in [2.05, 4.69) is 10.2 Å². The molecule has 0 spiro atoms. The molecule has 0 aliphatic carbocycles. The molecule has 32 heavy (non-hydrogen) atoms. The van der Waals surface area contributed by atoms with Gasteiger partial charge in [0, 0.05) is 24.3 Å². The predicted octanol–water partition coefficient (Wildman–Crippen LogP) is 3.88. The Balaban J connectivity index is 1.66. The van der Waals surface area contributed by atoms with Gasteiger partial charge in [-0.25, -0.2) is 14.1 Å². The molecule has 2 aliphatic rings. The minimum absolute atomic E-state index is 0.0941. The molecular weight excluding hydrogens is 413 g/mol. The second-order valence-electron chi connectivity index (χ2n) is 7.61. The number of carbonyl (C=O) groups is 3. The highest BCUT2D eigenvalue weighted by Gasteiger charge is 2.38. The molecular formula is C24H24FN3O4. The summed E-state index contributed by atoms with van der Waals surface area (Å²) in [6, 6.07) is 10.4. The molecule has 4 rings (SSSR count). The van der Waals surface area contributed by atoms with E-state index in [0.717, 1.165) is 36.5 Å². The Labute approximate surface area is 185 Å². The van der Waals surface area contributed by atoms with Crippen LogP contribution >= 0.6 is 0 Å². The Morgan fingerprint density at radius 1 is 1.06 bits per heavy atom. The Kier molecular flexibility index (Phi) is 6.20. The standard InChI is InChI=1S/C24H24FN3O4/c1-2-32-21-9-5-4-8-20(21)28-23(30)18(22(29)26-24(28)31)14-16-10-11-17(15-19(16)25)27-12-6-3-7-13-27/h4-5,8-11,14-15H,2-3,6-7,12-13H2,1H3,(H,26,29,31)/b18-14+. The highest BCUT2D eigenvalue weighted by molar-refractivity contribution is 6.39. The van der Waals surface area contributed by atoms with Gasteiger partial charge in [0.15, 0.2) is 0 Å². The summed E-state index contributed by atoms with van der Waals surface area (Å²) < 4.78 is 20.4. The molecule has 2 aliphatic heterocycles. The van der Waals surface area contributed by atoms with Crippen molar-refractivity contribution in [3.63, 3.8) is 0 Å². The molecule has 1 N–H and O–H groups in total. The first-order valence-corrected chi connectivity index (χ1v) is 10.7. The number of rotatable bonds is 5. The quantitative estimate of drug-likeness (QED) is 0.567. The molecule has 2 fully saturated rings. The number of nitrogens with one attached hydrogen (secondary N) is 1. The van der Waals surface area contributed by atoms with Crippen molar-refractivity contribution >= 4 is 35.3 Å². The fourth-order valence-corrected chi connectivity index (χ4v) is 3.93. The normalized spacial score (nSPS) is 18.2. The Hall–Kier alpha value is -3.68. The van der Waals surface area contributed by atoms with Crippen LogP contribution in [0.15, 0.2) is 48.0 Å². The number of nitrogens with zero attached hydrogens (tertiary/aromatic N) is 2. The van der Waals surface area contributed by atoms with Gasteiger partial charge in [-0.2, -0.15) is 0 Å². The summed E-state index contributed by atoms with van der Waals surface area (Å²) in [6.45, 7) is 3.85. The minimum atomic E-state index is -0.884. The van der Waals surface area contributed by atoms with Crippen molar-refractivity contribution < 1.29 is 23.5 Å². The number of anilines is 2. The number of ether oxygens (including phenoxy) is 1. The van der Waals surface area contributed by atoms with Crippen molar-refractivity contribution in [3.8, 4) is 5.75 Å². The van der Waals surface area contributed by atoms with E-state index in [1.54, 1.807) is 43.3 Å². The van der Waals surface area contributed by atoms with Crippen LogP contribution in [0.25, 0.3) is 6.08 Å². The van der Waals surface area contributed by atoms with Gasteiger partial charge in [0.1, 0.15) is 17.1 Å². The highest BCUT2D eigenvalue weighted by Crippen LogP contribution is 2.31. The Bertz CT molecular complexity index is 1090. The van der Waals surface area contributed by atoms with Crippen LogP contribution < -0.4 is 19.9 Å². The van der Waals surface area contributed by atoms with E-state index in [0.29, 0.717) is 12.4 Å². The third-order valence-electron chi connectivity index (χ3n) is 5.51. The number of urea groups is 1. The molecule has 0 saturated carbocycles. The van der Waals surface area contributed by atoms with Crippen LogP contribution in [-0.2, 0) is 9.59 Å². The smallest absolute Gasteiger partial charge is 0.336 e. The number of halogens is 1. The molecule has 2 heterocycles. The van der Waals surface area contributed by atoms with Gasteiger partial charge in [0.2, 0.25) is 0 Å². The molecule has 2 aromatic rings. The highest BCUT2D eigenvalue weighted by atomic mass is 19.1. The molecule has 0 atom stereocenters. The van der Waals surface area contributed by atoms with Crippen molar-refractivity contribution in [3.05, 3.63) is 59.4 Å². The lowest BCUT2D eigenvalue weighted by Gasteiger charge is -2.29. The van der Waals surface area contributed by atoms with E-state index in [1.807, 2.05) is 0 Å². The molecule has 7 nitrogen and oxygen atoms in total. The van der Waals surface area contributed by atoms with Crippen LogP contribution in [0.1, 0.15) is 31.7 Å². The number of carbonyl (C=O) groups excluding carboxylic acids is 3. The number of para-hydroxylation sites is 2. The van der Waals surface area contributed by atoms with E-state index in [4.69, 9.17) is 4.74 Å². The molecule has 4 amide bonds. The lowest BCUT2D eigenvalue weighted by molar-refractivity contribution is -0.122. The van der Waals surface area contributed by atoms with Gasteiger partial charge in [-0.15, -0.1) is 0 Å². The first-order valence-electron chi connectivity index (χ1n) is 10.7. The van der Waals surface area contributed by atoms with Crippen LogP contribution in [0, 0.1) is 5.82 Å². The summed E-state index contributed by atoms with van der Waals surface area (Å²) >= 11 is 0. The second kappa shape index (κ2) is 9.21. The first-order chi connectivity index (χ1) is 15.5. The zero-order chi connectivity index (χ0) is 22.7. The summed E-state index contributed by atoms with van der Waals surface area (Å²) in [6.07, 6.45) is 4.47. The second-order valence-corrected chi connectivity index (χ2v) is 7.61. The van der Waals surface area contributed by atoms with Crippen LogP contribution in [-0.4, -0.2) is 37.5 Å². The van der Waals surface area contributed by atoms with Gasteiger partial charge in [0.05, 0.1) is 12.3 Å². The van der Waals surface area contributed by atoms with Crippen molar-refractivity contribution in [2.24, 2.45) is 0 Å². The molecule has 2 aromatic carbocycles. The maximum absolute atomic E-state index is 14.9. The number of amides is 4. The average molecular weight is 437 g/mol. The zero-order valence-corrected chi connectivity index (χ0v) is 17.8. The van der Waals surface area contributed by atoms with Crippen molar-refractivity contribution in [2.45, 2.75) is 26.2 Å². The molecule has 2 saturated heterocycles. The third-order valence-corrected chi connectivity index (χ3v) is 5.51. The van der Waals surface area contributed by atoms with Crippen LogP contribution in [0.5, 0.6) is 5.75 Å². The fraction of sp³-hybridized carbons (Fsp3) is 0.292. The summed E-state index contributed by atoms with van der Waals surface area (Å²) in [5.41, 5.74) is 0.736. The van der Waals surface area contributed by atoms with Crippen LogP contribution in [0.3, 0.4) is 0 Å². The van der Waals surface area contributed by atoms with E-state index < -0.39 is 23.7 Å². The van der Waals surface area contributed by atoms with Gasteiger partial charge < -0.3 is 9.64 Å². The van der Waals surface area contributed by atoms with Crippen molar-refractivity contribution in [2.75, 3.05) is 29.5 Å². The number of hydrogen-bond acceptors (Lipinski definition) is 5. The zero-order valence-electron chi connectivity index (χ0n) is 17.8. The monoisotopic (exact) mass is 437 g/mol. The number of imide groups is 2. The summed E-state index contributed by atoms with van der Waals surface area (Å²) in [5, 5.41) is 2.15. The molecule has 0 radical (unpaired) electrons. The van der Waals surface area contributed by atoms with Crippen LogP contribution in [0.2, 0.25) is 0 Å². The lowest BCUT2D eigenvalue weighted by Crippen LogP contribution is -2.54. The number of piperidine rings is 1. The molecule has 0 aromatic heterocycles. The van der Waals surface area contributed by atoms with E-state index >= 15 is 0 Å². The van der Waals surface area contributed by atoms with Crippen LogP contribution in [0.4, 0.5) is 20.6 Å². The fourth-order valence-electron chi connectivity index (χ4n) is 3.93. The van der Waals surface area contributed by atoms with Gasteiger partial charge in [-0.05, 0) is 62.6 Å². The molecule has 8 heteroatoms. The van der Waals surface area contributed by atoms with Gasteiger partial charge in [-0.3, -0.25) is 14.9 Å². The number of hydrogen-bond donors (Lipinski definition) is 1. The van der Waals surface area contributed by atoms with Gasteiger partial charge >= 0.3 is 6.03 Å². The Morgan fingerprint density at radius 3 is 2.53 bits per heavy atom. The van der Waals surface area contributed by atoms with Crippen molar-refractivity contribution in [1.29, 1.82) is 0 Å². The van der Waals surface area contributed by atoms with Gasteiger partial charge in [-0.1, -0.05) is 12.1 Å². The maximum atomic E-state index is 14.9. The average Bonchev–Trinajstić information content (AvgIpc) is 2.79. The van der Waals surface area contributed by atoms with E-state index in [9.17, 15) is 18.8 Å². The maximum Gasteiger partial charge on any atom is 0.336 e. The van der Waals surface area contributed by atoms with E-state index in [1.165, 1.54) is 18.6 Å². The summed E-state index contributed by atoms with van der Waals surface area (Å²) in [7, 11) is 0. The number of benzene rings is 2. The molecule has 0 unspecified atom stereocenters. The van der Waals surface area contributed by atoms with Crippen molar-refractivity contribution in [1.82, 2.24) is 5.32 Å². The first kappa shape index (κ1) is 21.5. The minimum Gasteiger partial charge on any atom is -0.492 e. The third kappa shape index (κ3) is 4.21. The summed E-state index contributed by atoms with van der Waals surface area (Å²) in [5.74, 6) is -1.93.